The van der Waals surface area contributed by atoms with Crippen molar-refractivity contribution >= 4 is 5.91 Å². The summed E-state index contributed by atoms with van der Waals surface area (Å²) in [7, 11) is 1.33. The van der Waals surface area contributed by atoms with Crippen LogP contribution in [0.3, 0.4) is 0 Å². The molecule has 0 radical (unpaired) electrons. The van der Waals surface area contributed by atoms with Gasteiger partial charge in [-0.3, -0.25) is 9.59 Å². The molecule has 0 aliphatic carbocycles. The number of nitrogens with zero attached hydrogens (tertiary/aromatic N) is 1. The van der Waals surface area contributed by atoms with Crippen molar-refractivity contribution in [3.63, 3.8) is 0 Å². The highest BCUT2D eigenvalue weighted by Crippen LogP contribution is 2.32. The van der Waals surface area contributed by atoms with Crippen LogP contribution >= 0.6 is 0 Å². The van der Waals surface area contributed by atoms with Crippen LogP contribution in [0.15, 0.2) is 23.0 Å². The molecule has 0 bridgehead atoms. The summed E-state index contributed by atoms with van der Waals surface area (Å²) >= 11 is 0. The van der Waals surface area contributed by atoms with Crippen LogP contribution in [0.1, 0.15) is 27.2 Å². The second kappa shape index (κ2) is 6.58. The zero-order valence-electron chi connectivity index (χ0n) is 14.3. The van der Waals surface area contributed by atoms with Gasteiger partial charge in [-0.25, -0.2) is 4.39 Å². The third kappa shape index (κ3) is 3.09. The number of pyridine rings is 1. The Balaban J connectivity index is 2.00. The first-order valence-corrected chi connectivity index (χ1v) is 7.90. The lowest BCUT2D eigenvalue weighted by Crippen LogP contribution is -2.35. The fraction of sp³-hybridized carbons (Fsp3) is 0.333. The second-order valence-electron chi connectivity index (χ2n) is 5.97. The van der Waals surface area contributed by atoms with Gasteiger partial charge in [0.2, 0.25) is 0 Å². The summed E-state index contributed by atoms with van der Waals surface area (Å²) < 4.78 is 25.0. The van der Waals surface area contributed by atoms with E-state index in [4.69, 9.17) is 9.47 Å². The van der Waals surface area contributed by atoms with Crippen molar-refractivity contribution in [1.29, 1.82) is 0 Å². The van der Waals surface area contributed by atoms with Gasteiger partial charge in [-0.2, -0.15) is 0 Å². The third-order valence-corrected chi connectivity index (χ3v) is 4.25. The van der Waals surface area contributed by atoms with E-state index in [0.717, 1.165) is 11.3 Å². The van der Waals surface area contributed by atoms with Crippen molar-refractivity contribution in [2.24, 2.45) is 0 Å². The smallest absolute Gasteiger partial charge is 0.261 e. The van der Waals surface area contributed by atoms with E-state index in [0.29, 0.717) is 5.56 Å². The van der Waals surface area contributed by atoms with E-state index in [1.54, 1.807) is 6.92 Å². The molecule has 7 heteroatoms. The van der Waals surface area contributed by atoms with Crippen LogP contribution < -0.4 is 15.0 Å². The number of methoxy groups -OCH3 is 1. The number of aromatic nitrogens is 1. The SMILES string of the molecule is COc1ccc2c(c1F)C(=O)N(Cc1c(C)cc(C)[nH]c1=O)CCO2. The van der Waals surface area contributed by atoms with Crippen molar-refractivity contribution in [3.8, 4) is 11.5 Å². The normalized spacial score (nSPS) is 13.9. The highest BCUT2D eigenvalue weighted by molar-refractivity contribution is 5.98. The van der Waals surface area contributed by atoms with E-state index < -0.39 is 11.7 Å². The zero-order chi connectivity index (χ0) is 18.1. The van der Waals surface area contributed by atoms with E-state index in [1.807, 2.05) is 13.0 Å². The molecule has 1 aliphatic heterocycles. The third-order valence-electron chi connectivity index (χ3n) is 4.25. The van der Waals surface area contributed by atoms with Gasteiger partial charge < -0.3 is 19.4 Å². The minimum Gasteiger partial charge on any atom is -0.494 e. The van der Waals surface area contributed by atoms with E-state index in [-0.39, 0.29) is 42.3 Å². The fourth-order valence-electron chi connectivity index (χ4n) is 2.96. The Kier molecular flexibility index (Phi) is 4.48. The number of halogens is 1. The maximum Gasteiger partial charge on any atom is 0.261 e. The predicted octanol–water partition coefficient (Wildman–Crippen LogP) is 2.17. The lowest BCUT2D eigenvalue weighted by molar-refractivity contribution is 0.0737. The summed E-state index contributed by atoms with van der Waals surface area (Å²) in [5.74, 6) is -1.13. The molecule has 0 unspecified atom stereocenters. The molecule has 1 aliphatic rings. The van der Waals surface area contributed by atoms with Gasteiger partial charge in [0.25, 0.3) is 11.5 Å². The summed E-state index contributed by atoms with van der Waals surface area (Å²) in [4.78, 5) is 29.2. The lowest BCUT2D eigenvalue weighted by Gasteiger charge is -2.21. The highest BCUT2D eigenvalue weighted by atomic mass is 19.1. The Bertz CT molecular complexity index is 891. The number of aryl methyl sites for hydroxylation is 2. The molecule has 0 atom stereocenters. The van der Waals surface area contributed by atoms with Gasteiger partial charge in [-0.1, -0.05) is 0 Å². The number of fused-ring (bicyclic) bond motifs is 1. The number of benzene rings is 1. The standard InChI is InChI=1S/C18H19FN2O4/c1-10-8-11(2)20-17(22)12(10)9-21-6-7-25-13-4-5-14(24-3)16(19)15(13)18(21)23/h4-5,8H,6-7,9H2,1-3H3,(H,20,22). The molecule has 1 aromatic carbocycles. The maximum absolute atomic E-state index is 14.6. The van der Waals surface area contributed by atoms with E-state index in [1.165, 1.54) is 24.1 Å². The number of ether oxygens (including phenoxy) is 2. The summed E-state index contributed by atoms with van der Waals surface area (Å²) in [6.45, 7) is 4.16. The Labute approximate surface area is 144 Å². The number of hydrogen-bond donors (Lipinski definition) is 1. The van der Waals surface area contributed by atoms with E-state index in [2.05, 4.69) is 4.98 Å². The number of nitrogens with one attached hydrogen (secondary N) is 1. The Morgan fingerprint density at radius 1 is 1.32 bits per heavy atom. The van der Waals surface area contributed by atoms with Gasteiger partial charge in [0.15, 0.2) is 11.6 Å². The van der Waals surface area contributed by atoms with Crippen molar-refractivity contribution in [1.82, 2.24) is 9.88 Å². The second-order valence-corrected chi connectivity index (χ2v) is 5.97. The average Bonchev–Trinajstić information content (AvgIpc) is 2.71. The Hall–Kier alpha value is -2.83. The number of carbonyl (C=O) groups excluding carboxylic acids is 1. The van der Waals surface area contributed by atoms with Crippen molar-refractivity contribution in [3.05, 3.63) is 56.8 Å². The van der Waals surface area contributed by atoms with Crippen molar-refractivity contribution in [2.45, 2.75) is 20.4 Å². The molecule has 1 amide bonds. The molecule has 1 N–H and O–H groups in total. The zero-order valence-corrected chi connectivity index (χ0v) is 14.3. The van der Waals surface area contributed by atoms with E-state index in [9.17, 15) is 14.0 Å². The monoisotopic (exact) mass is 346 g/mol. The number of rotatable bonds is 3. The molecular weight excluding hydrogens is 327 g/mol. The molecule has 3 rings (SSSR count). The number of H-pyrrole nitrogens is 1. The van der Waals surface area contributed by atoms with Crippen LogP contribution in [-0.2, 0) is 6.54 Å². The first-order valence-electron chi connectivity index (χ1n) is 7.90. The first-order chi connectivity index (χ1) is 11.9. The molecule has 2 aromatic rings. The molecule has 0 saturated heterocycles. The van der Waals surface area contributed by atoms with Crippen LogP contribution in [0, 0.1) is 19.7 Å². The van der Waals surface area contributed by atoms with Crippen LogP contribution in [-0.4, -0.2) is 36.1 Å². The largest absolute Gasteiger partial charge is 0.494 e. The van der Waals surface area contributed by atoms with Gasteiger partial charge in [0, 0.05) is 11.3 Å². The summed E-state index contributed by atoms with van der Waals surface area (Å²) in [5.41, 5.74) is 1.59. The minimum absolute atomic E-state index is 0.0260. The molecule has 1 aromatic heterocycles. The molecule has 2 heterocycles. The summed E-state index contributed by atoms with van der Waals surface area (Å²) in [6, 6.07) is 4.78. The minimum atomic E-state index is -0.758. The van der Waals surface area contributed by atoms with Gasteiger partial charge >= 0.3 is 0 Å². The number of carbonyl (C=O) groups is 1. The summed E-state index contributed by atoms with van der Waals surface area (Å²) in [5, 5.41) is 0. The van der Waals surface area contributed by atoms with Crippen molar-refractivity contribution < 1.29 is 18.7 Å². The van der Waals surface area contributed by atoms with Crippen LogP contribution in [0.25, 0.3) is 0 Å². The molecule has 0 fully saturated rings. The molecule has 6 nitrogen and oxygen atoms in total. The number of hydrogen-bond acceptors (Lipinski definition) is 4. The first kappa shape index (κ1) is 17.0. The number of amides is 1. The molecule has 132 valence electrons. The van der Waals surface area contributed by atoms with Gasteiger partial charge in [0.05, 0.1) is 20.2 Å². The van der Waals surface area contributed by atoms with Gasteiger partial charge in [-0.15, -0.1) is 0 Å². The van der Waals surface area contributed by atoms with Crippen LogP contribution in [0.2, 0.25) is 0 Å². The van der Waals surface area contributed by atoms with Crippen molar-refractivity contribution in [2.75, 3.05) is 20.3 Å². The topological polar surface area (TPSA) is 71.6 Å². The summed E-state index contributed by atoms with van der Waals surface area (Å²) in [6.07, 6.45) is 0. The highest BCUT2D eigenvalue weighted by Gasteiger charge is 2.29. The molecular formula is C18H19FN2O4. The molecule has 0 saturated carbocycles. The molecule has 25 heavy (non-hydrogen) atoms. The quantitative estimate of drug-likeness (QED) is 0.925. The Morgan fingerprint density at radius 2 is 2.08 bits per heavy atom. The van der Waals surface area contributed by atoms with Crippen LogP contribution in [0.4, 0.5) is 4.39 Å². The van der Waals surface area contributed by atoms with Gasteiger partial charge in [-0.05, 0) is 37.6 Å². The van der Waals surface area contributed by atoms with E-state index >= 15 is 0 Å². The predicted molar refractivity (Wildman–Crippen MR) is 89.7 cm³/mol. The maximum atomic E-state index is 14.6. The Morgan fingerprint density at radius 3 is 2.76 bits per heavy atom. The molecule has 0 spiro atoms. The van der Waals surface area contributed by atoms with Gasteiger partial charge in [0.1, 0.15) is 17.9 Å². The fourth-order valence-corrected chi connectivity index (χ4v) is 2.96. The average molecular weight is 346 g/mol. The van der Waals surface area contributed by atoms with Crippen LogP contribution in [0.5, 0.6) is 11.5 Å². The lowest BCUT2D eigenvalue weighted by atomic mass is 10.1. The number of aromatic amines is 1.